The Morgan fingerprint density at radius 2 is 1.76 bits per heavy atom. The van der Waals surface area contributed by atoms with E-state index in [0.29, 0.717) is 17.9 Å². The maximum atomic E-state index is 11.5. The van der Waals surface area contributed by atoms with Crippen molar-refractivity contribution >= 4 is 23.2 Å². The lowest BCUT2D eigenvalue weighted by atomic mass is 10.0. The summed E-state index contributed by atoms with van der Waals surface area (Å²) in [6, 6.07) is 7.34. The van der Waals surface area contributed by atoms with Crippen molar-refractivity contribution in [2.24, 2.45) is 0 Å². The van der Waals surface area contributed by atoms with Gasteiger partial charge in [-0.25, -0.2) is 0 Å². The first-order chi connectivity index (χ1) is 8.13. The molecular weight excluding hydrogens is 240 g/mol. The van der Waals surface area contributed by atoms with Crippen LogP contribution in [0.3, 0.4) is 0 Å². The zero-order valence-corrected chi connectivity index (χ0v) is 10.2. The number of rotatable bonds is 7. The summed E-state index contributed by atoms with van der Waals surface area (Å²) in [5.74, 6) is -0.319. The molecule has 1 N–H and O–H groups in total. The standard InChI is InChI=1S/C13H15ClO3/c14-13-4-2-1-3-10(13)5-6-11(16)9-12(17)7-8-15/h1-4,15H,5-9H2. The van der Waals surface area contributed by atoms with Gasteiger partial charge in [0.2, 0.25) is 0 Å². The predicted octanol–water partition coefficient (Wildman–Crippen LogP) is 2.18. The molecule has 0 amide bonds. The fraction of sp³-hybridized carbons (Fsp3) is 0.385. The number of Topliss-reactive ketones (excluding diaryl/α,β-unsaturated/α-hetero) is 2. The summed E-state index contributed by atoms with van der Waals surface area (Å²) in [5.41, 5.74) is 0.914. The molecule has 0 unspecified atom stereocenters. The normalized spacial score (nSPS) is 10.2. The molecule has 0 aliphatic heterocycles. The van der Waals surface area contributed by atoms with Crippen LogP contribution in [0.4, 0.5) is 0 Å². The summed E-state index contributed by atoms with van der Waals surface area (Å²) in [5, 5.41) is 9.19. The van der Waals surface area contributed by atoms with Gasteiger partial charge >= 0.3 is 0 Å². The molecule has 1 rings (SSSR count). The highest BCUT2D eigenvalue weighted by Crippen LogP contribution is 2.16. The minimum absolute atomic E-state index is 0.0534. The Bertz CT molecular complexity index is 401. The molecule has 1 aromatic carbocycles. The molecule has 0 spiro atoms. The van der Waals surface area contributed by atoms with E-state index in [0.717, 1.165) is 5.56 Å². The smallest absolute Gasteiger partial charge is 0.142 e. The zero-order chi connectivity index (χ0) is 12.7. The van der Waals surface area contributed by atoms with Gasteiger partial charge in [-0.3, -0.25) is 9.59 Å². The van der Waals surface area contributed by atoms with Crippen molar-refractivity contribution in [3.63, 3.8) is 0 Å². The number of aliphatic hydroxyl groups is 1. The molecule has 0 aromatic heterocycles. The fourth-order valence-electron chi connectivity index (χ4n) is 1.50. The van der Waals surface area contributed by atoms with Crippen LogP contribution in [0.2, 0.25) is 5.02 Å². The van der Waals surface area contributed by atoms with E-state index in [1.165, 1.54) is 0 Å². The lowest BCUT2D eigenvalue weighted by Gasteiger charge is -2.03. The summed E-state index contributed by atoms with van der Waals surface area (Å²) < 4.78 is 0. The van der Waals surface area contributed by atoms with Crippen LogP contribution in [-0.2, 0) is 16.0 Å². The summed E-state index contributed by atoms with van der Waals surface area (Å²) in [4.78, 5) is 22.6. The lowest BCUT2D eigenvalue weighted by molar-refractivity contribution is -0.127. The maximum absolute atomic E-state index is 11.5. The second-order valence-corrected chi connectivity index (χ2v) is 4.23. The van der Waals surface area contributed by atoms with Gasteiger partial charge in [0.15, 0.2) is 0 Å². The van der Waals surface area contributed by atoms with Gasteiger partial charge in [-0.05, 0) is 18.1 Å². The number of ketones is 2. The van der Waals surface area contributed by atoms with Crippen molar-refractivity contribution in [2.75, 3.05) is 6.61 Å². The molecule has 17 heavy (non-hydrogen) atoms. The second kappa shape index (κ2) is 7.20. The largest absolute Gasteiger partial charge is 0.396 e. The summed E-state index contributed by atoms with van der Waals surface area (Å²) in [6.45, 7) is -0.198. The molecule has 0 saturated heterocycles. The molecule has 0 bridgehead atoms. The number of hydrogen-bond acceptors (Lipinski definition) is 3. The van der Waals surface area contributed by atoms with E-state index < -0.39 is 0 Å². The van der Waals surface area contributed by atoms with Crippen LogP contribution in [0.25, 0.3) is 0 Å². The summed E-state index contributed by atoms with van der Waals surface area (Å²) >= 11 is 5.95. The minimum Gasteiger partial charge on any atom is -0.396 e. The van der Waals surface area contributed by atoms with Crippen LogP contribution < -0.4 is 0 Å². The molecule has 92 valence electrons. The first-order valence-electron chi connectivity index (χ1n) is 5.51. The van der Waals surface area contributed by atoms with Gasteiger partial charge in [0.25, 0.3) is 0 Å². The van der Waals surface area contributed by atoms with Gasteiger partial charge in [0.05, 0.1) is 6.42 Å². The number of halogens is 1. The van der Waals surface area contributed by atoms with Gasteiger partial charge < -0.3 is 5.11 Å². The fourth-order valence-corrected chi connectivity index (χ4v) is 1.73. The van der Waals surface area contributed by atoms with Gasteiger partial charge in [0.1, 0.15) is 11.6 Å². The molecule has 0 aliphatic carbocycles. The number of carbonyl (C=O) groups excluding carboxylic acids is 2. The second-order valence-electron chi connectivity index (χ2n) is 3.82. The Labute approximate surface area is 105 Å². The highest BCUT2D eigenvalue weighted by molar-refractivity contribution is 6.31. The van der Waals surface area contributed by atoms with Gasteiger partial charge in [-0.15, -0.1) is 0 Å². The molecular formula is C13H15ClO3. The third-order valence-corrected chi connectivity index (χ3v) is 2.78. The quantitative estimate of drug-likeness (QED) is 0.759. The Kier molecular flexibility index (Phi) is 5.87. The molecule has 0 fully saturated rings. The van der Waals surface area contributed by atoms with E-state index in [4.69, 9.17) is 16.7 Å². The average Bonchev–Trinajstić information content (AvgIpc) is 2.28. The molecule has 0 heterocycles. The topological polar surface area (TPSA) is 54.4 Å². The van der Waals surface area contributed by atoms with Crippen molar-refractivity contribution in [1.29, 1.82) is 0 Å². The molecule has 0 radical (unpaired) electrons. The first-order valence-corrected chi connectivity index (χ1v) is 5.89. The van der Waals surface area contributed by atoms with Crippen molar-refractivity contribution in [1.82, 2.24) is 0 Å². The molecule has 3 nitrogen and oxygen atoms in total. The summed E-state index contributed by atoms with van der Waals surface area (Å²) in [6.07, 6.45) is 0.814. The molecule has 0 atom stereocenters. The number of hydrogen-bond donors (Lipinski definition) is 1. The Morgan fingerprint density at radius 1 is 1.12 bits per heavy atom. The van der Waals surface area contributed by atoms with Crippen LogP contribution in [0.15, 0.2) is 24.3 Å². The van der Waals surface area contributed by atoms with Crippen LogP contribution in [0.5, 0.6) is 0 Å². The highest BCUT2D eigenvalue weighted by atomic mass is 35.5. The third-order valence-electron chi connectivity index (χ3n) is 2.42. The number of carbonyl (C=O) groups is 2. The Balaban J connectivity index is 2.38. The number of aliphatic hydroxyl groups excluding tert-OH is 1. The van der Waals surface area contributed by atoms with E-state index in [1.807, 2.05) is 18.2 Å². The van der Waals surface area contributed by atoms with Crippen molar-refractivity contribution in [3.05, 3.63) is 34.9 Å². The van der Waals surface area contributed by atoms with Gasteiger partial charge in [-0.2, -0.15) is 0 Å². The monoisotopic (exact) mass is 254 g/mol. The predicted molar refractivity (Wildman–Crippen MR) is 66.1 cm³/mol. The Morgan fingerprint density at radius 3 is 2.41 bits per heavy atom. The molecule has 4 heteroatoms. The maximum Gasteiger partial charge on any atom is 0.142 e. The van der Waals surface area contributed by atoms with E-state index in [9.17, 15) is 9.59 Å². The van der Waals surface area contributed by atoms with Crippen LogP contribution >= 0.6 is 11.6 Å². The molecule has 1 aromatic rings. The van der Waals surface area contributed by atoms with Gasteiger partial charge in [0, 0.05) is 24.5 Å². The summed E-state index contributed by atoms with van der Waals surface area (Å²) in [7, 11) is 0. The minimum atomic E-state index is -0.211. The van der Waals surface area contributed by atoms with Crippen LogP contribution in [0.1, 0.15) is 24.8 Å². The molecule has 0 saturated carbocycles. The van der Waals surface area contributed by atoms with Crippen LogP contribution in [-0.4, -0.2) is 23.3 Å². The van der Waals surface area contributed by atoms with Crippen LogP contribution in [0, 0.1) is 0 Å². The number of aryl methyl sites for hydroxylation is 1. The van der Waals surface area contributed by atoms with E-state index in [2.05, 4.69) is 0 Å². The van der Waals surface area contributed by atoms with Gasteiger partial charge in [-0.1, -0.05) is 29.8 Å². The van der Waals surface area contributed by atoms with Crippen molar-refractivity contribution in [2.45, 2.75) is 25.7 Å². The average molecular weight is 255 g/mol. The first kappa shape index (κ1) is 13.9. The Hall–Kier alpha value is -1.19. The van der Waals surface area contributed by atoms with E-state index in [1.54, 1.807) is 6.07 Å². The highest BCUT2D eigenvalue weighted by Gasteiger charge is 2.09. The van der Waals surface area contributed by atoms with Crippen molar-refractivity contribution < 1.29 is 14.7 Å². The number of benzene rings is 1. The van der Waals surface area contributed by atoms with Crippen molar-refractivity contribution in [3.8, 4) is 0 Å². The third kappa shape index (κ3) is 5.11. The lowest BCUT2D eigenvalue weighted by Crippen LogP contribution is -2.09. The van der Waals surface area contributed by atoms with E-state index >= 15 is 0 Å². The van der Waals surface area contributed by atoms with E-state index in [-0.39, 0.29) is 31.0 Å². The molecule has 0 aliphatic rings. The SMILES string of the molecule is O=C(CCO)CC(=O)CCc1ccccc1Cl. The zero-order valence-electron chi connectivity index (χ0n) is 9.49.